The van der Waals surface area contributed by atoms with E-state index in [4.69, 9.17) is 4.74 Å². The molecule has 0 spiro atoms. The number of morpholine rings is 1. The van der Waals surface area contributed by atoms with Gasteiger partial charge >= 0.3 is 0 Å². The molecule has 0 unspecified atom stereocenters. The zero-order chi connectivity index (χ0) is 17.9. The lowest BCUT2D eigenvalue weighted by atomic mass is 10.3. The number of ether oxygens (including phenoxy) is 1. The highest BCUT2D eigenvalue weighted by Crippen LogP contribution is 2.22. The van der Waals surface area contributed by atoms with Crippen LogP contribution < -0.4 is 9.80 Å². The second-order valence-electron chi connectivity index (χ2n) is 6.43. The maximum Gasteiger partial charge on any atom is 0.214 e. The third kappa shape index (κ3) is 4.39. The maximum absolute atomic E-state index is 12.2. The molecule has 0 saturated carbocycles. The largest absolute Gasteiger partial charge is 0.378 e. The minimum atomic E-state index is -3.12. The number of rotatable bonds is 5. The van der Waals surface area contributed by atoms with Crippen LogP contribution in [0.1, 0.15) is 19.2 Å². The summed E-state index contributed by atoms with van der Waals surface area (Å²) in [5, 5.41) is 0. The van der Waals surface area contributed by atoms with E-state index < -0.39 is 10.0 Å². The second-order valence-corrected chi connectivity index (χ2v) is 8.52. The third-order valence-electron chi connectivity index (χ3n) is 4.56. The standard InChI is InChI=1S/C16H27N5O3S/c1-3-12-25(22,23)21-6-4-19(5-7-21)15-13-16(18-14(2)17-15)20-8-10-24-11-9-20/h13H,3-12H2,1-2H3. The van der Waals surface area contributed by atoms with Gasteiger partial charge in [-0.1, -0.05) is 6.92 Å². The summed E-state index contributed by atoms with van der Waals surface area (Å²) in [6.45, 7) is 9.22. The SMILES string of the molecule is CCCS(=O)(=O)N1CCN(c2cc(N3CCOCC3)nc(C)n2)CC1. The Bertz CT molecular complexity index is 683. The molecule has 2 saturated heterocycles. The Balaban J connectivity index is 1.70. The molecular formula is C16H27N5O3S. The Morgan fingerprint density at radius 3 is 2.12 bits per heavy atom. The van der Waals surface area contributed by atoms with Crippen LogP contribution in [0.3, 0.4) is 0 Å². The quantitative estimate of drug-likeness (QED) is 0.747. The molecule has 2 fully saturated rings. The lowest BCUT2D eigenvalue weighted by Crippen LogP contribution is -2.49. The smallest absolute Gasteiger partial charge is 0.214 e. The van der Waals surface area contributed by atoms with Gasteiger partial charge in [0, 0.05) is 45.3 Å². The summed E-state index contributed by atoms with van der Waals surface area (Å²) in [5.41, 5.74) is 0. The van der Waals surface area contributed by atoms with E-state index in [9.17, 15) is 8.42 Å². The zero-order valence-electron chi connectivity index (χ0n) is 15.0. The number of aryl methyl sites for hydroxylation is 1. The van der Waals surface area contributed by atoms with Crippen LogP contribution in [0.5, 0.6) is 0 Å². The molecule has 0 aliphatic carbocycles. The topological polar surface area (TPSA) is 78.9 Å². The van der Waals surface area contributed by atoms with E-state index in [-0.39, 0.29) is 5.75 Å². The van der Waals surface area contributed by atoms with E-state index in [2.05, 4.69) is 19.8 Å². The minimum Gasteiger partial charge on any atom is -0.378 e. The average molecular weight is 369 g/mol. The van der Waals surface area contributed by atoms with Crippen molar-refractivity contribution in [2.45, 2.75) is 20.3 Å². The van der Waals surface area contributed by atoms with Gasteiger partial charge in [0.1, 0.15) is 17.5 Å². The first-order valence-electron chi connectivity index (χ1n) is 8.91. The Morgan fingerprint density at radius 1 is 1.00 bits per heavy atom. The maximum atomic E-state index is 12.2. The van der Waals surface area contributed by atoms with Crippen molar-refractivity contribution in [3.05, 3.63) is 11.9 Å². The van der Waals surface area contributed by atoms with Crippen molar-refractivity contribution < 1.29 is 13.2 Å². The van der Waals surface area contributed by atoms with Gasteiger partial charge in [0.15, 0.2) is 0 Å². The molecule has 0 atom stereocenters. The highest BCUT2D eigenvalue weighted by atomic mass is 32.2. The number of aromatic nitrogens is 2. The van der Waals surface area contributed by atoms with Crippen molar-refractivity contribution in [2.75, 3.05) is 68.0 Å². The highest BCUT2D eigenvalue weighted by molar-refractivity contribution is 7.89. The number of hydrogen-bond acceptors (Lipinski definition) is 7. The molecule has 1 aromatic heterocycles. The summed E-state index contributed by atoms with van der Waals surface area (Å²) in [5.74, 6) is 2.76. The van der Waals surface area contributed by atoms with Crippen LogP contribution in [0.4, 0.5) is 11.6 Å². The summed E-state index contributed by atoms with van der Waals surface area (Å²) >= 11 is 0. The van der Waals surface area contributed by atoms with Gasteiger partial charge in [0.05, 0.1) is 19.0 Å². The molecule has 0 radical (unpaired) electrons. The van der Waals surface area contributed by atoms with Gasteiger partial charge in [-0.05, 0) is 13.3 Å². The fraction of sp³-hybridized carbons (Fsp3) is 0.750. The van der Waals surface area contributed by atoms with Crippen LogP contribution in [-0.2, 0) is 14.8 Å². The fourth-order valence-electron chi connectivity index (χ4n) is 3.24. The van der Waals surface area contributed by atoms with Gasteiger partial charge in [0.25, 0.3) is 0 Å². The van der Waals surface area contributed by atoms with E-state index in [1.807, 2.05) is 19.9 Å². The summed E-state index contributed by atoms with van der Waals surface area (Å²) in [7, 11) is -3.12. The van der Waals surface area contributed by atoms with Gasteiger partial charge < -0.3 is 14.5 Å². The minimum absolute atomic E-state index is 0.223. The molecule has 0 bridgehead atoms. The first-order chi connectivity index (χ1) is 12.0. The number of hydrogen-bond donors (Lipinski definition) is 0. The third-order valence-corrected chi connectivity index (χ3v) is 6.64. The molecule has 3 heterocycles. The molecule has 25 heavy (non-hydrogen) atoms. The van der Waals surface area contributed by atoms with Gasteiger partial charge in [-0.25, -0.2) is 18.4 Å². The Hall–Kier alpha value is -1.45. The normalized spacial score (nSPS) is 20.1. The van der Waals surface area contributed by atoms with E-state index in [1.165, 1.54) is 0 Å². The lowest BCUT2D eigenvalue weighted by Gasteiger charge is -2.35. The van der Waals surface area contributed by atoms with E-state index in [1.54, 1.807) is 4.31 Å². The van der Waals surface area contributed by atoms with Crippen LogP contribution >= 0.6 is 0 Å². The lowest BCUT2D eigenvalue weighted by molar-refractivity contribution is 0.122. The number of anilines is 2. The summed E-state index contributed by atoms with van der Waals surface area (Å²) in [6, 6.07) is 2.01. The van der Waals surface area contributed by atoms with Crippen molar-refractivity contribution in [2.24, 2.45) is 0 Å². The molecule has 0 amide bonds. The highest BCUT2D eigenvalue weighted by Gasteiger charge is 2.27. The summed E-state index contributed by atoms with van der Waals surface area (Å²) < 4.78 is 31.4. The summed E-state index contributed by atoms with van der Waals surface area (Å²) in [6.07, 6.45) is 0.649. The van der Waals surface area contributed by atoms with Crippen molar-refractivity contribution in [3.63, 3.8) is 0 Å². The van der Waals surface area contributed by atoms with Crippen molar-refractivity contribution in [3.8, 4) is 0 Å². The first kappa shape index (κ1) is 18.3. The molecule has 2 aliphatic rings. The molecule has 1 aromatic rings. The van der Waals surface area contributed by atoms with Crippen molar-refractivity contribution >= 4 is 21.7 Å². The molecule has 140 valence electrons. The van der Waals surface area contributed by atoms with Crippen LogP contribution in [-0.4, -0.2) is 80.9 Å². The van der Waals surface area contributed by atoms with Crippen molar-refractivity contribution in [1.82, 2.24) is 14.3 Å². The number of sulfonamides is 1. The van der Waals surface area contributed by atoms with Gasteiger partial charge in [-0.3, -0.25) is 0 Å². The Morgan fingerprint density at radius 2 is 1.56 bits per heavy atom. The average Bonchev–Trinajstić information content (AvgIpc) is 2.62. The molecule has 2 aliphatic heterocycles. The monoisotopic (exact) mass is 369 g/mol. The number of nitrogens with zero attached hydrogens (tertiary/aromatic N) is 5. The number of piperazine rings is 1. The fourth-order valence-corrected chi connectivity index (χ4v) is 4.73. The van der Waals surface area contributed by atoms with Crippen LogP contribution in [0.15, 0.2) is 6.07 Å². The van der Waals surface area contributed by atoms with E-state index >= 15 is 0 Å². The van der Waals surface area contributed by atoms with Gasteiger partial charge in [-0.15, -0.1) is 0 Å². The molecular weight excluding hydrogens is 342 g/mol. The van der Waals surface area contributed by atoms with Crippen LogP contribution in [0.2, 0.25) is 0 Å². The summed E-state index contributed by atoms with van der Waals surface area (Å²) in [4.78, 5) is 13.5. The Labute approximate surface area is 149 Å². The van der Waals surface area contributed by atoms with E-state index in [0.29, 0.717) is 45.8 Å². The van der Waals surface area contributed by atoms with Crippen LogP contribution in [0, 0.1) is 6.92 Å². The second kappa shape index (κ2) is 7.84. The molecule has 8 nitrogen and oxygen atoms in total. The van der Waals surface area contributed by atoms with Crippen molar-refractivity contribution in [1.29, 1.82) is 0 Å². The predicted octanol–water partition coefficient (Wildman–Crippen LogP) is 0.483. The van der Waals surface area contributed by atoms with Gasteiger partial charge in [-0.2, -0.15) is 4.31 Å². The molecule has 9 heteroatoms. The van der Waals surface area contributed by atoms with Crippen LogP contribution in [0.25, 0.3) is 0 Å². The predicted molar refractivity (Wildman–Crippen MR) is 97.7 cm³/mol. The zero-order valence-corrected chi connectivity index (χ0v) is 15.8. The Kier molecular flexibility index (Phi) is 5.75. The molecule has 0 N–H and O–H groups in total. The van der Waals surface area contributed by atoms with E-state index in [0.717, 1.165) is 30.5 Å². The molecule has 0 aromatic carbocycles. The molecule has 3 rings (SSSR count). The first-order valence-corrected chi connectivity index (χ1v) is 10.5. The van der Waals surface area contributed by atoms with Gasteiger partial charge in [0.2, 0.25) is 10.0 Å².